The molecule has 0 radical (unpaired) electrons. The second-order valence-electron chi connectivity index (χ2n) is 5.64. The molecule has 2 aromatic heterocycles. The van der Waals surface area contributed by atoms with Gasteiger partial charge in [-0.25, -0.2) is 9.97 Å². The van der Waals surface area contributed by atoms with Crippen molar-refractivity contribution in [1.82, 2.24) is 19.9 Å². The monoisotopic (exact) mass is 387 g/mol. The van der Waals surface area contributed by atoms with Crippen molar-refractivity contribution >= 4 is 28.1 Å². The van der Waals surface area contributed by atoms with Crippen LogP contribution in [0.2, 0.25) is 0 Å². The van der Waals surface area contributed by atoms with Crippen LogP contribution >= 0.6 is 11.3 Å². The summed E-state index contributed by atoms with van der Waals surface area (Å²) >= 11 is 1.37. The number of imidazole rings is 1. The lowest BCUT2D eigenvalue weighted by Gasteiger charge is -2.09. The maximum atomic E-state index is 12.2. The largest absolute Gasteiger partial charge is 0.493 e. The maximum Gasteiger partial charge on any atom is 0.270 e. The van der Waals surface area contributed by atoms with Gasteiger partial charge in [-0.2, -0.15) is 0 Å². The quantitative estimate of drug-likeness (QED) is 0.549. The van der Waals surface area contributed by atoms with E-state index >= 15 is 0 Å². The Morgan fingerprint density at radius 3 is 2.85 bits per heavy atom. The molecule has 9 heteroatoms. The van der Waals surface area contributed by atoms with Crippen LogP contribution in [0.25, 0.3) is 0 Å². The van der Waals surface area contributed by atoms with Crippen LogP contribution in [0.1, 0.15) is 16.9 Å². The Bertz CT molecular complexity index is 879. The normalized spacial score (nSPS) is 10.4. The summed E-state index contributed by atoms with van der Waals surface area (Å²) < 4.78 is 12.5. The predicted octanol–water partition coefficient (Wildman–Crippen LogP) is 2.92. The molecule has 0 saturated carbocycles. The number of nitrogens with zero attached hydrogens (tertiary/aromatic N) is 3. The zero-order chi connectivity index (χ0) is 19.1. The molecule has 142 valence electrons. The lowest BCUT2D eigenvalue weighted by molar-refractivity contribution is 0.0948. The number of ether oxygens (including phenoxy) is 2. The first-order chi connectivity index (χ1) is 13.2. The number of benzene rings is 1. The summed E-state index contributed by atoms with van der Waals surface area (Å²) in [5.41, 5.74) is 1.19. The van der Waals surface area contributed by atoms with Crippen LogP contribution < -0.4 is 20.1 Å². The van der Waals surface area contributed by atoms with Gasteiger partial charge < -0.3 is 24.7 Å². The standard InChI is InChI=1S/C18H21N5O3S/c1-25-15-5-4-13(10-16(15)26-2)21-18-22-14(11-27-18)17(24)20-6-3-8-23-9-7-19-12-23/h4-5,7,9-12H,3,6,8H2,1-2H3,(H,20,24)(H,21,22). The average Bonchev–Trinajstić information content (AvgIpc) is 3.37. The SMILES string of the molecule is COc1ccc(Nc2nc(C(=O)NCCCn3ccnc3)cs2)cc1OC. The molecule has 1 aromatic carbocycles. The number of amides is 1. The van der Waals surface area contributed by atoms with Crippen molar-refractivity contribution in [2.75, 3.05) is 26.1 Å². The van der Waals surface area contributed by atoms with Gasteiger partial charge in [0.25, 0.3) is 5.91 Å². The minimum Gasteiger partial charge on any atom is -0.493 e. The van der Waals surface area contributed by atoms with E-state index in [1.807, 2.05) is 29.0 Å². The van der Waals surface area contributed by atoms with Crippen LogP contribution in [0.4, 0.5) is 10.8 Å². The van der Waals surface area contributed by atoms with Crippen molar-refractivity contribution in [3.05, 3.63) is 48.0 Å². The van der Waals surface area contributed by atoms with Gasteiger partial charge in [-0.15, -0.1) is 11.3 Å². The molecular weight excluding hydrogens is 366 g/mol. The smallest absolute Gasteiger partial charge is 0.270 e. The van der Waals surface area contributed by atoms with E-state index in [2.05, 4.69) is 20.6 Å². The summed E-state index contributed by atoms with van der Waals surface area (Å²) in [6, 6.07) is 5.48. The molecule has 0 saturated heterocycles. The Morgan fingerprint density at radius 1 is 1.26 bits per heavy atom. The molecule has 3 rings (SSSR count). The van der Waals surface area contributed by atoms with E-state index in [9.17, 15) is 4.79 Å². The summed E-state index contributed by atoms with van der Waals surface area (Å²) in [6.45, 7) is 1.39. The molecule has 0 bridgehead atoms. The number of aryl methyl sites for hydroxylation is 1. The van der Waals surface area contributed by atoms with Gasteiger partial charge in [0.2, 0.25) is 0 Å². The van der Waals surface area contributed by atoms with Gasteiger partial charge in [0.1, 0.15) is 5.69 Å². The first-order valence-electron chi connectivity index (χ1n) is 8.38. The third-order valence-electron chi connectivity index (χ3n) is 3.81. The number of anilines is 2. The van der Waals surface area contributed by atoms with Crippen molar-refractivity contribution in [2.45, 2.75) is 13.0 Å². The predicted molar refractivity (Wildman–Crippen MR) is 104 cm³/mol. The molecule has 0 aliphatic rings. The Hall–Kier alpha value is -3.07. The molecule has 0 spiro atoms. The van der Waals surface area contributed by atoms with Gasteiger partial charge in [-0.1, -0.05) is 0 Å². The van der Waals surface area contributed by atoms with Gasteiger partial charge in [0, 0.05) is 42.6 Å². The van der Waals surface area contributed by atoms with Crippen molar-refractivity contribution in [2.24, 2.45) is 0 Å². The molecule has 8 nitrogen and oxygen atoms in total. The lowest BCUT2D eigenvalue weighted by Crippen LogP contribution is -2.25. The number of hydrogen-bond donors (Lipinski definition) is 2. The summed E-state index contributed by atoms with van der Waals surface area (Å²) in [6.07, 6.45) is 6.21. The molecule has 0 aliphatic heterocycles. The van der Waals surface area contributed by atoms with Crippen LogP contribution in [0.3, 0.4) is 0 Å². The molecule has 0 aliphatic carbocycles. The zero-order valence-electron chi connectivity index (χ0n) is 15.1. The van der Waals surface area contributed by atoms with Crippen molar-refractivity contribution in [3.8, 4) is 11.5 Å². The first-order valence-corrected chi connectivity index (χ1v) is 9.26. The van der Waals surface area contributed by atoms with Gasteiger partial charge in [0.05, 0.1) is 20.5 Å². The fraction of sp³-hybridized carbons (Fsp3) is 0.278. The second-order valence-corrected chi connectivity index (χ2v) is 6.50. The summed E-state index contributed by atoms with van der Waals surface area (Å²) in [5.74, 6) is 1.09. The molecule has 2 heterocycles. The number of aromatic nitrogens is 3. The first kappa shape index (κ1) is 18.7. The Labute approximate surface area is 161 Å². The molecule has 0 atom stereocenters. The number of hydrogen-bond acceptors (Lipinski definition) is 7. The zero-order valence-corrected chi connectivity index (χ0v) is 16.0. The van der Waals surface area contributed by atoms with Gasteiger partial charge in [-0.05, 0) is 18.6 Å². The third kappa shape index (κ3) is 4.98. The van der Waals surface area contributed by atoms with Crippen LogP contribution in [-0.2, 0) is 6.54 Å². The van der Waals surface area contributed by atoms with Crippen molar-refractivity contribution in [1.29, 1.82) is 0 Å². The van der Waals surface area contributed by atoms with E-state index in [4.69, 9.17) is 9.47 Å². The highest BCUT2D eigenvalue weighted by molar-refractivity contribution is 7.14. The van der Waals surface area contributed by atoms with Crippen molar-refractivity contribution in [3.63, 3.8) is 0 Å². The minimum atomic E-state index is -0.183. The molecule has 27 heavy (non-hydrogen) atoms. The highest BCUT2D eigenvalue weighted by Crippen LogP contribution is 2.31. The van der Waals surface area contributed by atoms with E-state index in [-0.39, 0.29) is 5.91 Å². The van der Waals surface area contributed by atoms with Gasteiger partial charge in [0.15, 0.2) is 16.6 Å². The molecule has 3 aromatic rings. The van der Waals surface area contributed by atoms with Gasteiger partial charge in [-0.3, -0.25) is 4.79 Å². The van der Waals surface area contributed by atoms with Crippen LogP contribution in [0.15, 0.2) is 42.3 Å². The van der Waals surface area contributed by atoms with Crippen LogP contribution in [-0.4, -0.2) is 41.2 Å². The second kappa shape index (κ2) is 9.04. The number of carbonyl (C=O) groups is 1. The molecule has 2 N–H and O–H groups in total. The van der Waals surface area contributed by atoms with E-state index in [0.717, 1.165) is 18.7 Å². The van der Waals surface area contributed by atoms with E-state index < -0.39 is 0 Å². The van der Waals surface area contributed by atoms with Crippen molar-refractivity contribution < 1.29 is 14.3 Å². The number of rotatable bonds is 9. The highest BCUT2D eigenvalue weighted by Gasteiger charge is 2.11. The molecule has 0 unspecified atom stereocenters. The summed E-state index contributed by atoms with van der Waals surface area (Å²) in [5, 5.41) is 8.41. The lowest BCUT2D eigenvalue weighted by atomic mass is 10.3. The summed E-state index contributed by atoms with van der Waals surface area (Å²) in [7, 11) is 3.17. The van der Waals surface area contributed by atoms with Crippen LogP contribution in [0.5, 0.6) is 11.5 Å². The Kier molecular flexibility index (Phi) is 6.26. The number of carbonyl (C=O) groups excluding carboxylic acids is 1. The fourth-order valence-corrected chi connectivity index (χ4v) is 3.16. The van der Waals surface area contributed by atoms with E-state index in [0.29, 0.717) is 28.9 Å². The molecule has 1 amide bonds. The van der Waals surface area contributed by atoms with Gasteiger partial charge >= 0.3 is 0 Å². The Morgan fingerprint density at radius 2 is 2.11 bits per heavy atom. The summed E-state index contributed by atoms with van der Waals surface area (Å²) in [4.78, 5) is 20.5. The van der Waals surface area contributed by atoms with E-state index in [1.165, 1.54) is 11.3 Å². The number of nitrogens with one attached hydrogen (secondary N) is 2. The Balaban J connectivity index is 1.52. The fourth-order valence-electron chi connectivity index (χ4n) is 2.45. The maximum absolute atomic E-state index is 12.2. The molecular formula is C18H21N5O3S. The average molecular weight is 387 g/mol. The van der Waals surface area contributed by atoms with E-state index in [1.54, 1.807) is 32.1 Å². The topological polar surface area (TPSA) is 90.3 Å². The minimum absolute atomic E-state index is 0.183. The third-order valence-corrected chi connectivity index (χ3v) is 4.57. The van der Waals surface area contributed by atoms with Crippen LogP contribution in [0, 0.1) is 0 Å². The highest BCUT2D eigenvalue weighted by atomic mass is 32.1. The number of methoxy groups -OCH3 is 2. The molecule has 0 fully saturated rings. The number of thiazole rings is 1.